The fraction of sp³-hybridized carbons (Fsp3) is 0.333. The number of alkyl halides is 2. The lowest BCUT2D eigenvalue weighted by atomic mass is 9.99. The molecule has 0 saturated heterocycles. The highest BCUT2D eigenvalue weighted by Crippen LogP contribution is 2.29. The number of methoxy groups -OCH3 is 1. The molecule has 6 nitrogen and oxygen atoms in total. The zero-order chi connectivity index (χ0) is 21.4. The van der Waals surface area contributed by atoms with Crippen LogP contribution in [0.15, 0.2) is 42.5 Å². The largest absolute Gasteiger partial charge is 0.493 e. The van der Waals surface area contributed by atoms with Crippen molar-refractivity contribution in [1.82, 2.24) is 0 Å². The van der Waals surface area contributed by atoms with Crippen LogP contribution in [0.2, 0.25) is 0 Å². The quantitative estimate of drug-likeness (QED) is 0.615. The summed E-state index contributed by atoms with van der Waals surface area (Å²) in [7, 11) is 1.25. The summed E-state index contributed by atoms with van der Waals surface area (Å²) < 4.78 is 38.9. The molecule has 1 atom stereocenters. The molecule has 0 radical (unpaired) electrons. The Bertz CT molecular complexity index is 839. The second-order valence-electron chi connectivity index (χ2n) is 6.30. The lowest BCUT2D eigenvalue weighted by Gasteiger charge is -2.12. The van der Waals surface area contributed by atoms with E-state index in [4.69, 9.17) is 9.47 Å². The Balaban J connectivity index is 1.92. The van der Waals surface area contributed by atoms with E-state index >= 15 is 0 Å². The maximum atomic E-state index is 12.4. The average Bonchev–Trinajstić information content (AvgIpc) is 2.71. The third-order valence-corrected chi connectivity index (χ3v) is 4.33. The van der Waals surface area contributed by atoms with Gasteiger partial charge in [-0.25, -0.2) is 4.79 Å². The monoisotopic (exact) mass is 407 g/mol. The van der Waals surface area contributed by atoms with E-state index in [9.17, 15) is 18.4 Å². The first-order valence-corrected chi connectivity index (χ1v) is 9.03. The molecule has 0 spiro atoms. The fourth-order valence-electron chi connectivity index (χ4n) is 2.53. The molecule has 0 aliphatic carbocycles. The lowest BCUT2D eigenvalue weighted by Crippen LogP contribution is -2.21. The van der Waals surface area contributed by atoms with Gasteiger partial charge in [-0.3, -0.25) is 4.79 Å². The molecule has 8 heteroatoms. The molecule has 2 aromatic rings. The highest BCUT2D eigenvalue weighted by molar-refractivity contribution is 5.95. The minimum atomic E-state index is -3.02. The van der Waals surface area contributed by atoms with Crippen molar-refractivity contribution in [1.29, 1.82) is 0 Å². The van der Waals surface area contributed by atoms with E-state index in [-0.39, 0.29) is 17.1 Å². The van der Waals surface area contributed by atoms with Gasteiger partial charge < -0.3 is 19.5 Å². The summed E-state index contributed by atoms with van der Waals surface area (Å²) in [5, 5.41) is 2.64. The van der Waals surface area contributed by atoms with Gasteiger partial charge in [-0.05, 0) is 48.2 Å². The van der Waals surface area contributed by atoms with Crippen LogP contribution in [-0.4, -0.2) is 32.2 Å². The number of halogens is 2. The molecule has 0 heterocycles. The molecule has 1 N–H and O–H groups in total. The molecular formula is C21H23F2NO5. The SMILES string of the molecule is CC[C@@H](C)c1ccc(NC(=O)COC(=O)c2ccc(OC(F)F)c(OC)c2)cc1. The normalized spacial score (nSPS) is 11.7. The summed E-state index contributed by atoms with van der Waals surface area (Å²) in [5.41, 5.74) is 1.80. The van der Waals surface area contributed by atoms with Crippen molar-refractivity contribution in [2.75, 3.05) is 19.0 Å². The smallest absolute Gasteiger partial charge is 0.387 e. The molecule has 0 fully saturated rings. The summed E-state index contributed by atoms with van der Waals surface area (Å²) >= 11 is 0. The lowest BCUT2D eigenvalue weighted by molar-refractivity contribution is -0.119. The van der Waals surface area contributed by atoms with Crippen LogP contribution >= 0.6 is 0 Å². The molecule has 0 saturated carbocycles. The van der Waals surface area contributed by atoms with Crippen molar-refractivity contribution in [3.05, 3.63) is 53.6 Å². The Morgan fingerprint density at radius 2 is 1.76 bits per heavy atom. The van der Waals surface area contributed by atoms with Gasteiger partial charge in [-0.1, -0.05) is 26.0 Å². The fourth-order valence-corrected chi connectivity index (χ4v) is 2.53. The molecule has 0 aromatic heterocycles. The number of hydrogen-bond donors (Lipinski definition) is 1. The first-order chi connectivity index (χ1) is 13.8. The summed E-state index contributed by atoms with van der Waals surface area (Å²) in [4.78, 5) is 24.1. The van der Waals surface area contributed by atoms with Crippen molar-refractivity contribution in [2.24, 2.45) is 0 Å². The van der Waals surface area contributed by atoms with Gasteiger partial charge in [0.05, 0.1) is 12.7 Å². The zero-order valence-corrected chi connectivity index (χ0v) is 16.4. The minimum Gasteiger partial charge on any atom is -0.493 e. The summed E-state index contributed by atoms with van der Waals surface area (Å²) in [5.74, 6) is -1.13. The van der Waals surface area contributed by atoms with Crippen LogP contribution in [0.5, 0.6) is 11.5 Å². The Hall–Kier alpha value is -3.16. The topological polar surface area (TPSA) is 73.9 Å². The number of ether oxygens (including phenoxy) is 3. The first-order valence-electron chi connectivity index (χ1n) is 9.03. The zero-order valence-electron chi connectivity index (χ0n) is 16.4. The number of esters is 1. The van der Waals surface area contributed by atoms with Crippen molar-refractivity contribution < 1.29 is 32.6 Å². The van der Waals surface area contributed by atoms with Crippen LogP contribution in [0.25, 0.3) is 0 Å². The van der Waals surface area contributed by atoms with E-state index in [2.05, 4.69) is 23.9 Å². The van der Waals surface area contributed by atoms with E-state index < -0.39 is 25.1 Å². The molecule has 0 aliphatic rings. The number of benzene rings is 2. The highest BCUT2D eigenvalue weighted by atomic mass is 19.3. The van der Waals surface area contributed by atoms with Crippen LogP contribution in [0.4, 0.5) is 14.5 Å². The molecule has 1 amide bonds. The molecule has 0 bridgehead atoms. The van der Waals surface area contributed by atoms with Crippen LogP contribution in [-0.2, 0) is 9.53 Å². The molecule has 0 unspecified atom stereocenters. The van der Waals surface area contributed by atoms with Gasteiger partial charge in [-0.2, -0.15) is 8.78 Å². The number of rotatable bonds is 9. The van der Waals surface area contributed by atoms with E-state index in [1.54, 1.807) is 12.1 Å². The Morgan fingerprint density at radius 3 is 2.34 bits per heavy atom. The Kier molecular flexibility index (Phi) is 7.94. The van der Waals surface area contributed by atoms with Gasteiger partial charge in [0.2, 0.25) is 0 Å². The maximum absolute atomic E-state index is 12.4. The second-order valence-corrected chi connectivity index (χ2v) is 6.30. The number of hydrogen-bond acceptors (Lipinski definition) is 5. The van der Waals surface area contributed by atoms with Gasteiger partial charge in [0.25, 0.3) is 5.91 Å². The molecule has 29 heavy (non-hydrogen) atoms. The number of carbonyl (C=O) groups is 2. The second kappa shape index (κ2) is 10.4. The first kappa shape index (κ1) is 22.1. The Morgan fingerprint density at radius 1 is 1.07 bits per heavy atom. The standard InChI is InChI=1S/C21H23F2NO5/c1-4-13(2)14-5-8-16(9-6-14)24-19(25)12-28-20(26)15-7-10-17(29-21(22)23)18(11-15)27-3/h5-11,13,21H,4,12H2,1-3H3,(H,24,25)/t13-/m1/s1. The Labute approximate surface area is 167 Å². The van der Waals surface area contributed by atoms with Crippen LogP contribution in [0.1, 0.15) is 42.1 Å². The van der Waals surface area contributed by atoms with Gasteiger partial charge in [-0.15, -0.1) is 0 Å². The summed E-state index contributed by atoms with van der Waals surface area (Å²) in [6.07, 6.45) is 1.02. The summed E-state index contributed by atoms with van der Waals surface area (Å²) in [6, 6.07) is 11.1. The highest BCUT2D eigenvalue weighted by Gasteiger charge is 2.16. The van der Waals surface area contributed by atoms with Gasteiger partial charge in [0.1, 0.15) is 0 Å². The predicted molar refractivity (Wildman–Crippen MR) is 104 cm³/mol. The van der Waals surface area contributed by atoms with E-state index in [0.29, 0.717) is 11.6 Å². The number of nitrogens with one attached hydrogen (secondary N) is 1. The van der Waals surface area contributed by atoms with E-state index in [0.717, 1.165) is 6.42 Å². The number of amides is 1. The molecule has 2 aromatic carbocycles. The molecule has 2 rings (SSSR count). The van der Waals surface area contributed by atoms with Crippen molar-refractivity contribution in [3.63, 3.8) is 0 Å². The van der Waals surface area contributed by atoms with Crippen LogP contribution in [0, 0.1) is 0 Å². The van der Waals surface area contributed by atoms with Gasteiger partial charge >= 0.3 is 12.6 Å². The van der Waals surface area contributed by atoms with Crippen molar-refractivity contribution in [2.45, 2.75) is 32.8 Å². The predicted octanol–water partition coefficient (Wildman–Crippen LogP) is 4.61. The van der Waals surface area contributed by atoms with Gasteiger partial charge in [0, 0.05) is 5.69 Å². The maximum Gasteiger partial charge on any atom is 0.387 e. The number of carbonyl (C=O) groups excluding carboxylic acids is 2. The molecule has 0 aliphatic heterocycles. The van der Waals surface area contributed by atoms with Crippen LogP contribution in [0.3, 0.4) is 0 Å². The molecule has 156 valence electrons. The van der Waals surface area contributed by atoms with Gasteiger partial charge in [0.15, 0.2) is 18.1 Å². The van der Waals surface area contributed by atoms with E-state index in [1.165, 1.54) is 30.9 Å². The number of anilines is 1. The van der Waals surface area contributed by atoms with E-state index in [1.807, 2.05) is 12.1 Å². The van der Waals surface area contributed by atoms with Crippen molar-refractivity contribution >= 4 is 17.6 Å². The molecular weight excluding hydrogens is 384 g/mol. The minimum absolute atomic E-state index is 0.0363. The summed E-state index contributed by atoms with van der Waals surface area (Å²) in [6.45, 7) is 0.700. The van der Waals surface area contributed by atoms with Crippen LogP contribution < -0.4 is 14.8 Å². The van der Waals surface area contributed by atoms with Crippen molar-refractivity contribution in [3.8, 4) is 11.5 Å². The third kappa shape index (κ3) is 6.44. The third-order valence-electron chi connectivity index (χ3n) is 4.33. The average molecular weight is 407 g/mol.